The summed E-state index contributed by atoms with van der Waals surface area (Å²) in [5, 5.41) is 20.5. The summed E-state index contributed by atoms with van der Waals surface area (Å²) >= 11 is 3.26. The predicted molar refractivity (Wildman–Crippen MR) is 107 cm³/mol. The first-order chi connectivity index (χ1) is 13.8. The van der Waals surface area contributed by atoms with Crippen LogP contribution in [0.4, 0.5) is 5.69 Å². The maximum Gasteiger partial charge on any atom is 0.341 e. The second-order valence-corrected chi connectivity index (χ2v) is 6.42. The normalized spacial score (nSPS) is 10.6. The van der Waals surface area contributed by atoms with Crippen LogP contribution in [0.3, 0.4) is 0 Å². The van der Waals surface area contributed by atoms with Gasteiger partial charge in [-0.05, 0) is 64.0 Å². The van der Waals surface area contributed by atoms with E-state index < -0.39 is 24.5 Å². The number of amides is 1. The first kappa shape index (κ1) is 21.7. The van der Waals surface area contributed by atoms with E-state index >= 15 is 0 Å². The van der Waals surface area contributed by atoms with Crippen molar-refractivity contribution in [3.63, 3.8) is 0 Å². The Bertz CT molecular complexity index is 1010. The summed E-state index contributed by atoms with van der Waals surface area (Å²) in [7, 11) is 1.27. The number of nitrogens with one attached hydrogen (secondary N) is 1. The van der Waals surface area contributed by atoms with Crippen molar-refractivity contribution in [1.29, 1.82) is 5.26 Å². The third kappa shape index (κ3) is 6.19. The lowest BCUT2D eigenvalue weighted by atomic mass is 10.1. The molecular formula is C20H15BrN2O6. The second-order valence-electron chi connectivity index (χ2n) is 5.57. The molecule has 0 atom stereocenters. The van der Waals surface area contributed by atoms with Crippen LogP contribution in [0.5, 0.6) is 5.75 Å². The summed E-state index contributed by atoms with van der Waals surface area (Å²) in [6, 6.07) is 12.5. The summed E-state index contributed by atoms with van der Waals surface area (Å²) in [5.74, 6) is -1.91. The third-order valence-corrected chi connectivity index (χ3v) is 4.17. The largest absolute Gasteiger partial charge is 0.481 e. The molecule has 0 spiro atoms. The number of rotatable bonds is 7. The number of anilines is 1. The van der Waals surface area contributed by atoms with Gasteiger partial charge in [0.05, 0.1) is 17.1 Å². The Morgan fingerprint density at radius 2 is 1.90 bits per heavy atom. The van der Waals surface area contributed by atoms with E-state index in [0.717, 1.165) is 0 Å². The molecule has 0 aliphatic rings. The molecule has 2 aromatic rings. The number of carbonyl (C=O) groups excluding carboxylic acids is 2. The SMILES string of the molecule is COC(=O)c1ccc(NC(=O)/C(C#N)=C/c2ccc(OCC(=O)O)c(Br)c2)cc1. The molecule has 0 unspecified atom stereocenters. The molecule has 148 valence electrons. The third-order valence-electron chi connectivity index (χ3n) is 3.55. The number of carboxylic acid groups (broad SMARTS) is 1. The van der Waals surface area contributed by atoms with Gasteiger partial charge in [-0.2, -0.15) is 5.26 Å². The highest BCUT2D eigenvalue weighted by atomic mass is 79.9. The fraction of sp³-hybridized carbons (Fsp3) is 0.100. The molecule has 0 bridgehead atoms. The van der Waals surface area contributed by atoms with E-state index in [1.165, 1.54) is 43.5 Å². The monoisotopic (exact) mass is 458 g/mol. The standard InChI is InChI=1S/C20H15BrN2O6/c1-28-20(27)13-3-5-15(6-4-13)23-19(26)14(10-22)8-12-2-7-17(16(21)9-12)29-11-18(24)25/h2-9H,11H2,1H3,(H,23,26)(H,24,25)/b14-8+. The lowest BCUT2D eigenvalue weighted by Crippen LogP contribution is -2.13. The number of hydrogen-bond donors (Lipinski definition) is 2. The average Bonchev–Trinajstić information content (AvgIpc) is 2.71. The maximum atomic E-state index is 12.4. The summed E-state index contributed by atoms with van der Waals surface area (Å²) in [6.45, 7) is -0.492. The highest BCUT2D eigenvalue weighted by molar-refractivity contribution is 9.10. The zero-order valence-electron chi connectivity index (χ0n) is 15.1. The molecule has 9 heteroatoms. The molecule has 2 N–H and O–H groups in total. The van der Waals surface area contributed by atoms with Gasteiger partial charge in [0.1, 0.15) is 17.4 Å². The number of esters is 1. The molecule has 0 heterocycles. The summed E-state index contributed by atoms with van der Waals surface area (Å²) in [4.78, 5) is 34.4. The molecular weight excluding hydrogens is 444 g/mol. The van der Waals surface area contributed by atoms with Gasteiger partial charge in [-0.15, -0.1) is 0 Å². The van der Waals surface area contributed by atoms with Crippen LogP contribution in [0, 0.1) is 11.3 Å². The zero-order valence-corrected chi connectivity index (χ0v) is 16.7. The number of halogens is 1. The Labute approximate surface area is 174 Å². The quantitative estimate of drug-likeness (QED) is 0.370. The lowest BCUT2D eigenvalue weighted by molar-refractivity contribution is -0.139. The minimum absolute atomic E-state index is 0.145. The van der Waals surface area contributed by atoms with Crippen LogP contribution in [-0.2, 0) is 14.3 Å². The van der Waals surface area contributed by atoms with Crippen molar-refractivity contribution < 1.29 is 29.0 Å². The fourth-order valence-electron chi connectivity index (χ4n) is 2.18. The summed E-state index contributed by atoms with van der Waals surface area (Å²) in [6.07, 6.45) is 1.38. The van der Waals surface area contributed by atoms with Crippen LogP contribution >= 0.6 is 15.9 Å². The summed E-state index contributed by atoms with van der Waals surface area (Å²) < 4.78 is 10.2. The Morgan fingerprint density at radius 1 is 1.21 bits per heavy atom. The van der Waals surface area contributed by atoms with Gasteiger partial charge in [0.15, 0.2) is 6.61 Å². The van der Waals surface area contributed by atoms with Crippen molar-refractivity contribution in [2.24, 2.45) is 0 Å². The smallest absolute Gasteiger partial charge is 0.341 e. The Hall–Kier alpha value is -3.64. The average molecular weight is 459 g/mol. The van der Waals surface area contributed by atoms with Crippen LogP contribution in [0.15, 0.2) is 52.5 Å². The molecule has 0 saturated carbocycles. The van der Waals surface area contributed by atoms with Gasteiger partial charge in [-0.25, -0.2) is 9.59 Å². The topological polar surface area (TPSA) is 126 Å². The van der Waals surface area contributed by atoms with Crippen molar-refractivity contribution >= 4 is 45.5 Å². The van der Waals surface area contributed by atoms with Crippen LogP contribution < -0.4 is 10.1 Å². The highest BCUT2D eigenvalue weighted by Crippen LogP contribution is 2.27. The molecule has 0 aliphatic heterocycles. The molecule has 2 rings (SSSR count). The number of nitriles is 1. The van der Waals surface area contributed by atoms with Gasteiger partial charge >= 0.3 is 11.9 Å². The van der Waals surface area contributed by atoms with E-state index in [2.05, 4.69) is 26.0 Å². The zero-order chi connectivity index (χ0) is 21.4. The fourth-order valence-corrected chi connectivity index (χ4v) is 2.70. The van der Waals surface area contributed by atoms with Crippen molar-refractivity contribution in [3.8, 4) is 11.8 Å². The van der Waals surface area contributed by atoms with Crippen LogP contribution in [-0.4, -0.2) is 36.7 Å². The van der Waals surface area contributed by atoms with E-state index in [1.54, 1.807) is 12.1 Å². The minimum atomic E-state index is -1.11. The van der Waals surface area contributed by atoms with Crippen molar-refractivity contribution in [1.82, 2.24) is 0 Å². The number of ether oxygens (including phenoxy) is 2. The minimum Gasteiger partial charge on any atom is -0.481 e. The van der Waals surface area contributed by atoms with Gasteiger partial charge in [0, 0.05) is 5.69 Å². The van der Waals surface area contributed by atoms with Crippen LogP contribution in [0.1, 0.15) is 15.9 Å². The second kappa shape index (κ2) is 10.1. The van der Waals surface area contributed by atoms with Gasteiger partial charge in [-0.1, -0.05) is 6.07 Å². The molecule has 8 nitrogen and oxygen atoms in total. The van der Waals surface area contributed by atoms with Crippen molar-refractivity contribution in [3.05, 3.63) is 63.6 Å². The number of carbonyl (C=O) groups is 3. The van der Waals surface area contributed by atoms with Gasteiger partial charge in [0.25, 0.3) is 5.91 Å². The number of nitrogens with zero attached hydrogens (tertiary/aromatic N) is 1. The molecule has 0 saturated heterocycles. The Morgan fingerprint density at radius 3 is 2.45 bits per heavy atom. The molecule has 0 aliphatic carbocycles. The molecule has 0 radical (unpaired) electrons. The van der Waals surface area contributed by atoms with E-state index in [0.29, 0.717) is 27.0 Å². The Balaban J connectivity index is 2.13. The summed E-state index contributed by atoms with van der Waals surface area (Å²) in [5.41, 5.74) is 1.12. The number of carboxylic acids is 1. The highest BCUT2D eigenvalue weighted by Gasteiger charge is 2.12. The van der Waals surface area contributed by atoms with E-state index in [1.807, 2.05) is 6.07 Å². The first-order valence-corrected chi connectivity index (χ1v) is 8.89. The molecule has 29 heavy (non-hydrogen) atoms. The predicted octanol–water partition coefficient (Wildman–Crippen LogP) is 3.24. The van der Waals surface area contributed by atoms with Crippen molar-refractivity contribution in [2.75, 3.05) is 19.0 Å². The van der Waals surface area contributed by atoms with Gasteiger partial charge in [-0.3, -0.25) is 4.79 Å². The lowest BCUT2D eigenvalue weighted by Gasteiger charge is -2.07. The van der Waals surface area contributed by atoms with E-state index in [-0.39, 0.29) is 5.57 Å². The number of methoxy groups -OCH3 is 1. The van der Waals surface area contributed by atoms with Crippen LogP contribution in [0.25, 0.3) is 6.08 Å². The number of aliphatic carboxylic acids is 1. The number of benzene rings is 2. The molecule has 1 amide bonds. The molecule has 2 aromatic carbocycles. The van der Waals surface area contributed by atoms with Gasteiger partial charge < -0.3 is 19.9 Å². The maximum absolute atomic E-state index is 12.4. The molecule has 0 aromatic heterocycles. The first-order valence-electron chi connectivity index (χ1n) is 8.09. The Kier molecular flexibility index (Phi) is 7.51. The van der Waals surface area contributed by atoms with Crippen LogP contribution in [0.2, 0.25) is 0 Å². The van der Waals surface area contributed by atoms with Crippen molar-refractivity contribution in [2.45, 2.75) is 0 Å². The molecule has 0 fully saturated rings. The number of hydrogen-bond acceptors (Lipinski definition) is 6. The van der Waals surface area contributed by atoms with E-state index in [4.69, 9.17) is 9.84 Å². The van der Waals surface area contributed by atoms with Gasteiger partial charge in [0.2, 0.25) is 0 Å². The van der Waals surface area contributed by atoms with E-state index in [9.17, 15) is 19.6 Å².